The molecule has 25 heavy (non-hydrogen) atoms. The Morgan fingerprint density at radius 3 is 2.80 bits per heavy atom. The van der Waals surface area contributed by atoms with Crippen LogP contribution < -0.4 is 5.32 Å². The lowest BCUT2D eigenvalue weighted by Crippen LogP contribution is -2.55. The fraction of sp³-hybridized carbons (Fsp3) is 0.400. The molecule has 0 radical (unpaired) electrons. The largest absolute Gasteiger partial charge is 0.350 e. The van der Waals surface area contributed by atoms with Crippen LogP contribution in [0.1, 0.15) is 35.5 Å². The molecule has 1 unspecified atom stereocenters. The van der Waals surface area contributed by atoms with E-state index in [1.807, 2.05) is 48.0 Å². The number of aromatic nitrogens is 1. The molecule has 1 atom stereocenters. The quantitative estimate of drug-likeness (QED) is 0.910. The van der Waals surface area contributed by atoms with E-state index in [1.165, 1.54) is 0 Å². The van der Waals surface area contributed by atoms with Crippen molar-refractivity contribution in [3.05, 3.63) is 59.4 Å². The Kier molecular flexibility index (Phi) is 4.93. The molecule has 1 aromatic heterocycles. The summed E-state index contributed by atoms with van der Waals surface area (Å²) in [6.45, 7) is 7.70. The number of fused-ring (bicyclic) bond motifs is 1. The monoisotopic (exact) mass is 339 g/mol. The SMILES string of the molecule is Cc1cccc(CNC(=O)C2Cn3cccc3C(=O)N2CC(C)C)c1. The lowest BCUT2D eigenvalue weighted by molar-refractivity contribution is -0.126. The van der Waals surface area contributed by atoms with Crippen molar-refractivity contribution in [3.8, 4) is 0 Å². The number of nitrogens with one attached hydrogen (secondary N) is 1. The molecule has 5 nitrogen and oxygen atoms in total. The summed E-state index contributed by atoms with van der Waals surface area (Å²) in [5.74, 6) is 0.132. The van der Waals surface area contributed by atoms with Crippen molar-refractivity contribution < 1.29 is 9.59 Å². The van der Waals surface area contributed by atoms with Crippen LogP contribution in [0.25, 0.3) is 0 Å². The van der Waals surface area contributed by atoms with Gasteiger partial charge in [0.05, 0.1) is 6.54 Å². The Balaban J connectivity index is 1.75. The minimum Gasteiger partial charge on any atom is -0.350 e. The van der Waals surface area contributed by atoms with Gasteiger partial charge in [-0.15, -0.1) is 0 Å². The van der Waals surface area contributed by atoms with Gasteiger partial charge in [0.1, 0.15) is 11.7 Å². The standard InChI is InChI=1S/C20H25N3O2/c1-14(2)12-23-18(13-22-9-5-8-17(22)20(23)25)19(24)21-11-16-7-4-6-15(3)10-16/h4-10,14,18H,11-13H2,1-3H3,(H,21,24). The topological polar surface area (TPSA) is 54.3 Å². The number of carbonyl (C=O) groups excluding carboxylic acids is 2. The van der Waals surface area contributed by atoms with Crippen LogP contribution in [0.15, 0.2) is 42.6 Å². The summed E-state index contributed by atoms with van der Waals surface area (Å²) >= 11 is 0. The summed E-state index contributed by atoms with van der Waals surface area (Å²) < 4.78 is 1.87. The molecule has 0 saturated carbocycles. The molecule has 1 aromatic carbocycles. The van der Waals surface area contributed by atoms with Crippen molar-refractivity contribution in [2.75, 3.05) is 6.54 Å². The van der Waals surface area contributed by atoms with E-state index in [0.29, 0.717) is 31.2 Å². The molecule has 1 N–H and O–H groups in total. The third kappa shape index (κ3) is 3.76. The van der Waals surface area contributed by atoms with E-state index >= 15 is 0 Å². The zero-order chi connectivity index (χ0) is 18.0. The minimum absolute atomic E-state index is 0.0688. The number of rotatable bonds is 5. The van der Waals surface area contributed by atoms with E-state index in [9.17, 15) is 9.59 Å². The molecule has 0 saturated heterocycles. The molecule has 1 aliphatic rings. The fourth-order valence-corrected chi connectivity index (χ4v) is 3.30. The third-order valence-electron chi connectivity index (χ3n) is 4.47. The predicted molar refractivity (Wildman–Crippen MR) is 97.1 cm³/mol. The first-order valence-corrected chi connectivity index (χ1v) is 8.75. The van der Waals surface area contributed by atoms with Crippen LogP contribution in [-0.2, 0) is 17.9 Å². The number of carbonyl (C=O) groups is 2. The zero-order valence-electron chi connectivity index (χ0n) is 15.0. The average Bonchev–Trinajstić information content (AvgIpc) is 3.03. The van der Waals surface area contributed by atoms with Gasteiger partial charge >= 0.3 is 0 Å². The maximum absolute atomic E-state index is 12.8. The number of benzene rings is 1. The van der Waals surface area contributed by atoms with Gasteiger partial charge in [0.15, 0.2) is 0 Å². The highest BCUT2D eigenvalue weighted by Crippen LogP contribution is 2.20. The molecule has 2 aromatic rings. The lowest BCUT2D eigenvalue weighted by atomic mass is 10.1. The highest BCUT2D eigenvalue weighted by Gasteiger charge is 2.36. The number of nitrogens with zero attached hydrogens (tertiary/aromatic N) is 2. The van der Waals surface area contributed by atoms with E-state index in [1.54, 1.807) is 4.90 Å². The third-order valence-corrected chi connectivity index (χ3v) is 4.47. The van der Waals surface area contributed by atoms with E-state index < -0.39 is 6.04 Å². The van der Waals surface area contributed by atoms with E-state index in [0.717, 1.165) is 11.1 Å². The first kappa shape index (κ1) is 17.3. The smallest absolute Gasteiger partial charge is 0.271 e. The normalized spacial score (nSPS) is 16.9. The van der Waals surface area contributed by atoms with Gasteiger partial charge in [0, 0.05) is 19.3 Å². The number of amides is 2. The van der Waals surface area contributed by atoms with Gasteiger partial charge in [0.25, 0.3) is 5.91 Å². The number of hydrogen-bond donors (Lipinski definition) is 1. The Bertz CT molecular complexity index is 779. The van der Waals surface area contributed by atoms with Crippen molar-refractivity contribution in [1.82, 2.24) is 14.8 Å². The lowest BCUT2D eigenvalue weighted by Gasteiger charge is -2.36. The van der Waals surface area contributed by atoms with Gasteiger partial charge in [-0.05, 0) is 30.5 Å². The van der Waals surface area contributed by atoms with Crippen LogP contribution in [0.5, 0.6) is 0 Å². The van der Waals surface area contributed by atoms with Gasteiger partial charge in [-0.3, -0.25) is 9.59 Å². The average molecular weight is 339 g/mol. The first-order chi connectivity index (χ1) is 12.0. The second-order valence-electron chi connectivity index (χ2n) is 7.12. The fourth-order valence-electron chi connectivity index (χ4n) is 3.30. The van der Waals surface area contributed by atoms with Crippen molar-refractivity contribution in [2.24, 2.45) is 5.92 Å². The minimum atomic E-state index is -0.473. The number of aryl methyl sites for hydroxylation is 1. The van der Waals surface area contributed by atoms with Crippen LogP contribution in [-0.4, -0.2) is 33.9 Å². The van der Waals surface area contributed by atoms with E-state index in [4.69, 9.17) is 0 Å². The zero-order valence-corrected chi connectivity index (χ0v) is 15.0. The Labute approximate surface area is 148 Å². The summed E-state index contributed by atoms with van der Waals surface area (Å²) in [4.78, 5) is 27.3. The molecule has 1 aliphatic heterocycles. The summed E-state index contributed by atoms with van der Waals surface area (Å²) in [7, 11) is 0. The molecular formula is C20H25N3O2. The molecule has 5 heteroatoms. The van der Waals surface area contributed by atoms with Crippen molar-refractivity contribution in [1.29, 1.82) is 0 Å². The van der Waals surface area contributed by atoms with E-state index in [-0.39, 0.29) is 11.8 Å². The highest BCUT2D eigenvalue weighted by molar-refractivity contribution is 5.97. The summed E-state index contributed by atoms with van der Waals surface area (Å²) in [6, 6.07) is 11.3. The van der Waals surface area contributed by atoms with Crippen LogP contribution >= 0.6 is 0 Å². The Morgan fingerprint density at radius 2 is 2.08 bits per heavy atom. The van der Waals surface area contributed by atoms with Crippen LogP contribution in [0.2, 0.25) is 0 Å². The Hall–Kier alpha value is -2.56. The maximum Gasteiger partial charge on any atom is 0.271 e. The van der Waals surface area contributed by atoms with Gasteiger partial charge in [0.2, 0.25) is 5.91 Å². The van der Waals surface area contributed by atoms with Gasteiger partial charge in [-0.1, -0.05) is 43.7 Å². The molecule has 132 valence electrons. The Morgan fingerprint density at radius 1 is 1.28 bits per heavy atom. The first-order valence-electron chi connectivity index (χ1n) is 8.75. The van der Waals surface area contributed by atoms with Gasteiger partial charge in [-0.25, -0.2) is 0 Å². The maximum atomic E-state index is 12.8. The van der Waals surface area contributed by atoms with Gasteiger partial charge in [-0.2, -0.15) is 0 Å². The summed E-state index contributed by atoms with van der Waals surface area (Å²) in [5, 5.41) is 3.00. The molecule has 2 heterocycles. The van der Waals surface area contributed by atoms with Crippen molar-refractivity contribution in [3.63, 3.8) is 0 Å². The predicted octanol–water partition coefficient (Wildman–Crippen LogP) is 2.59. The second-order valence-corrected chi connectivity index (χ2v) is 7.12. The summed E-state index contributed by atoms with van der Waals surface area (Å²) in [5.41, 5.74) is 2.88. The molecular weight excluding hydrogens is 314 g/mol. The highest BCUT2D eigenvalue weighted by atomic mass is 16.2. The van der Waals surface area contributed by atoms with Crippen LogP contribution in [0, 0.1) is 12.8 Å². The molecule has 0 bridgehead atoms. The van der Waals surface area contributed by atoms with Crippen molar-refractivity contribution in [2.45, 2.75) is 39.9 Å². The second kappa shape index (κ2) is 7.13. The molecule has 0 fully saturated rings. The molecule has 0 aliphatic carbocycles. The van der Waals surface area contributed by atoms with Crippen LogP contribution in [0.3, 0.4) is 0 Å². The van der Waals surface area contributed by atoms with Crippen molar-refractivity contribution >= 4 is 11.8 Å². The summed E-state index contributed by atoms with van der Waals surface area (Å²) in [6.07, 6.45) is 1.86. The molecule has 2 amide bonds. The molecule has 3 rings (SSSR count). The number of hydrogen-bond acceptors (Lipinski definition) is 2. The van der Waals surface area contributed by atoms with Gasteiger partial charge < -0.3 is 14.8 Å². The van der Waals surface area contributed by atoms with Crippen LogP contribution in [0.4, 0.5) is 0 Å². The van der Waals surface area contributed by atoms with E-state index in [2.05, 4.69) is 25.2 Å². The molecule has 0 spiro atoms.